The SMILES string of the molecule is Cl.O=C(c1ccccc1)N1CCC(NC(=O)[C@@]23CCCC[C@H]2CNC3)CC1. The number of nitrogens with zero attached hydrogens (tertiary/aromatic N) is 1. The lowest BCUT2D eigenvalue weighted by Crippen LogP contribution is -2.53. The first-order valence-electron chi connectivity index (χ1n) is 10.0. The molecule has 27 heavy (non-hydrogen) atoms. The van der Waals surface area contributed by atoms with Crippen molar-refractivity contribution in [2.24, 2.45) is 11.3 Å². The summed E-state index contributed by atoms with van der Waals surface area (Å²) in [5.41, 5.74) is 0.561. The number of benzene rings is 1. The highest BCUT2D eigenvalue weighted by atomic mass is 35.5. The highest BCUT2D eigenvalue weighted by Gasteiger charge is 2.50. The van der Waals surface area contributed by atoms with Crippen molar-refractivity contribution in [1.82, 2.24) is 15.5 Å². The zero-order chi connectivity index (χ0) is 18.0. The van der Waals surface area contributed by atoms with Gasteiger partial charge in [0.2, 0.25) is 5.91 Å². The van der Waals surface area contributed by atoms with Gasteiger partial charge in [-0.05, 0) is 50.3 Å². The molecule has 2 saturated heterocycles. The van der Waals surface area contributed by atoms with Gasteiger partial charge in [-0.3, -0.25) is 9.59 Å². The molecule has 2 amide bonds. The molecular weight excluding hydrogens is 362 g/mol. The number of nitrogens with one attached hydrogen (secondary N) is 2. The average molecular weight is 392 g/mol. The van der Waals surface area contributed by atoms with Gasteiger partial charge in [0, 0.05) is 31.2 Å². The van der Waals surface area contributed by atoms with Crippen LogP contribution in [0.4, 0.5) is 0 Å². The van der Waals surface area contributed by atoms with Crippen molar-refractivity contribution in [2.75, 3.05) is 26.2 Å². The Morgan fingerprint density at radius 1 is 1.07 bits per heavy atom. The van der Waals surface area contributed by atoms with Crippen LogP contribution in [0.3, 0.4) is 0 Å². The molecular formula is C21H30ClN3O2. The number of rotatable bonds is 3. The van der Waals surface area contributed by atoms with Gasteiger partial charge in [0.15, 0.2) is 0 Å². The molecule has 1 aromatic rings. The van der Waals surface area contributed by atoms with Crippen LogP contribution in [0.2, 0.25) is 0 Å². The summed E-state index contributed by atoms with van der Waals surface area (Å²) >= 11 is 0. The van der Waals surface area contributed by atoms with E-state index in [1.54, 1.807) is 0 Å². The molecule has 1 aliphatic carbocycles. The third kappa shape index (κ3) is 3.99. The molecule has 3 aliphatic rings. The molecule has 0 aromatic heterocycles. The Balaban J connectivity index is 0.00000210. The van der Waals surface area contributed by atoms with Crippen LogP contribution >= 0.6 is 12.4 Å². The van der Waals surface area contributed by atoms with Crippen molar-refractivity contribution in [3.8, 4) is 0 Å². The van der Waals surface area contributed by atoms with Crippen LogP contribution < -0.4 is 10.6 Å². The molecule has 1 saturated carbocycles. The first-order chi connectivity index (χ1) is 12.7. The van der Waals surface area contributed by atoms with E-state index in [1.165, 1.54) is 12.8 Å². The van der Waals surface area contributed by atoms with Crippen molar-refractivity contribution in [3.63, 3.8) is 0 Å². The number of amides is 2. The molecule has 2 N–H and O–H groups in total. The van der Waals surface area contributed by atoms with Crippen molar-refractivity contribution < 1.29 is 9.59 Å². The standard InChI is InChI=1S/C21H29N3O2.ClH/c25-19(16-6-2-1-3-7-16)24-12-9-18(10-13-24)23-20(26)21-11-5-4-8-17(21)14-22-15-21;/h1-3,6-7,17-18,22H,4-5,8-15H2,(H,23,26);1H/t17-,21+;/m0./s1. The quantitative estimate of drug-likeness (QED) is 0.832. The smallest absolute Gasteiger partial charge is 0.253 e. The fraction of sp³-hybridized carbons (Fsp3) is 0.619. The first kappa shape index (κ1) is 20.2. The second kappa shape index (κ2) is 8.61. The molecule has 2 heterocycles. The Kier molecular flexibility index (Phi) is 6.43. The van der Waals surface area contributed by atoms with Gasteiger partial charge >= 0.3 is 0 Å². The highest BCUT2D eigenvalue weighted by Crippen LogP contribution is 2.44. The Hall–Kier alpha value is -1.59. The van der Waals surface area contributed by atoms with Gasteiger partial charge in [0.25, 0.3) is 5.91 Å². The Bertz CT molecular complexity index is 661. The predicted molar refractivity (Wildman–Crippen MR) is 108 cm³/mol. The second-order valence-corrected chi connectivity index (χ2v) is 8.14. The Morgan fingerprint density at radius 3 is 2.56 bits per heavy atom. The Labute approximate surface area is 167 Å². The second-order valence-electron chi connectivity index (χ2n) is 8.14. The van der Waals surface area contributed by atoms with Gasteiger partial charge in [0.1, 0.15) is 0 Å². The number of fused-ring (bicyclic) bond motifs is 1. The molecule has 148 valence electrons. The summed E-state index contributed by atoms with van der Waals surface area (Å²) in [7, 11) is 0. The van der Waals surface area contributed by atoms with Gasteiger partial charge in [-0.25, -0.2) is 0 Å². The number of piperidine rings is 1. The monoisotopic (exact) mass is 391 g/mol. The topological polar surface area (TPSA) is 61.4 Å². The van der Waals surface area contributed by atoms with E-state index in [-0.39, 0.29) is 35.7 Å². The fourth-order valence-corrected chi connectivity index (χ4v) is 5.01. The summed E-state index contributed by atoms with van der Waals surface area (Å²) in [6.45, 7) is 3.24. The highest BCUT2D eigenvalue weighted by molar-refractivity contribution is 5.94. The third-order valence-corrected chi connectivity index (χ3v) is 6.63. The number of halogens is 1. The van der Waals surface area contributed by atoms with Gasteiger partial charge in [-0.15, -0.1) is 12.4 Å². The fourth-order valence-electron chi connectivity index (χ4n) is 5.01. The number of carbonyl (C=O) groups excluding carboxylic acids is 2. The summed E-state index contributed by atoms with van der Waals surface area (Å²) < 4.78 is 0. The third-order valence-electron chi connectivity index (χ3n) is 6.63. The van der Waals surface area contributed by atoms with Crippen molar-refractivity contribution in [2.45, 2.75) is 44.6 Å². The van der Waals surface area contributed by atoms with Gasteiger partial charge < -0.3 is 15.5 Å². The molecule has 0 spiro atoms. The maximum atomic E-state index is 13.1. The molecule has 0 unspecified atom stereocenters. The van der Waals surface area contributed by atoms with E-state index in [0.29, 0.717) is 19.0 Å². The number of hydrogen-bond acceptors (Lipinski definition) is 3. The molecule has 0 bridgehead atoms. The summed E-state index contributed by atoms with van der Waals surface area (Å²) in [4.78, 5) is 27.5. The minimum atomic E-state index is -0.185. The van der Waals surface area contributed by atoms with Crippen molar-refractivity contribution >= 4 is 24.2 Å². The summed E-state index contributed by atoms with van der Waals surface area (Å²) in [6, 6.07) is 9.65. The average Bonchev–Trinajstić information content (AvgIpc) is 3.14. The summed E-state index contributed by atoms with van der Waals surface area (Å²) in [5, 5.41) is 6.78. The molecule has 6 heteroatoms. The Morgan fingerprint density at radius 2 is 1.81 bits per heavy atom. The number of carbonyl (C=O) groups is 2. The first-order valence-corrected chi connectivity index (χ1v) is 10.0. The summed E-state index contributed by atoms with van der Waals surface area (Å²) in [6.07, 6.45) is 6.29. The lowest BCUT2D eigenvalue weighted by Gasteiger charge is -2.39. The lowest BCUT2D eigenvalue weighted by atomic mass is 9.67. The molecule has 4 rings (SSSR count). The number of likely N-dealkylation sites (tertiary alicyclic amines) is 1. The number of hydrogen-bond donors (Lipinski definition) is 2. The molecule has 3 fully saturated rings. The van der Waals surface area contributed by atoms with Crippen molar-refractivity contribution in [1.29, 1.82) is 0 Å². The summed E-state index contributed by atoms with van der Waals surface area (Å²) in [5.74, 6) is 0.845. The van der Waals surface area contributed by atoms with Crippen LogP contribution in [0, 0.1) is 11.3 Å². The van der Waals surface area contributed by atoms with Crippen LogP contribution in [0.5, 0.6) is 0 Å². The zero-order valence-electron chi connectivity index (χ0n) is 15.8. The van der Waals surface area contributed by atoms with Crippen LogP contribution in [-0.4, -0.2) is 48.9 Å². The van der Waals surface area contributed by atoms with E-state index in [2.05, 4.69) is 10.6 Å². The zero-order valence-corrected chi connectivity index (χ0v) is 16.6. The molecule has 5 nitrogen and oxygen atoms in total. The van der Waals surface area contributed by atoms with E-state index in [1.807, 2.05) is 35.2 Å². The van der Waals surface area contributed by atoms with Gasteiger partial charge in [-0.2, -0.15) is 0 Å². The van der Waals surface area contributed by atoms with Crippen molar-refractivity contribution in [3.05, 3.63) is 35.9 Å². The van der Waals surface area contributed by atoms with Crippen LogP contribution in [0.15, 0.2) is 30.3 Å². The lowest BCUT2D eigenvalue weighted by molar-refractivity contribution is -0.135. The van der Waals surface area contributed by atoms with E-state index in [0.717, 1.165) is 44.3 Å². The maximum absolute atomic E-state index is 13.1. The molecule has 1 aromatic carbocycles. The van der Waals surface area contributed by atoms with Crippen LogP contribution in [0.25, 0.3) is 0 Å². The largest absolute Gasteiger partial charge is 0.353 e. The normalized spacial score (nSPS) is 28.1. The van der Waals surface area contributed by atoms with Gasteiger partial charge in [0.05, 0.1) is 5.41 Å². The van der Waals surface area contributed by atoms with Crippen LogP contribution in [-0.2, 0) is 4.79 Å². The van der Waals surface area contributed by atoms with Crippen LogP contribution in [0.1, 0.15) is 48.9 Å². The molecule has 0 radical (unpaired) electrons. The van der Waals surface area contributed by atoms with Gasteiger partial charge in [-0.1, -0.05) is 31.0 Å². The van der Waals surface area contributed by atoms with E-state index >= 15 is 0 Å². The minimum absolute atomic E-state index is 0. The van der Waals surface area contributed by atoms with E-state index in [9.17, 15) is 9.59 Å². The maximum Gasteiger partial charge on any atom is 0.253 e. The van der Waals surface area contributed by atoms with E-state index in [4.69, 9.17) is 0 Å². The molecule has 2 aliphatic heterocycles. The predicted octanol–water partition coefficient (Wildman–Crippen LogP) is 2.61. The van der Waals surface area contributed by atoms with E-state index < -0.39 is 0 Å². The molecule has 2 atom stereocenters. The minimum Gasteiger partial charge on any atom is -0.353 e.